The highest BCUT2D eigenvalue weighted by Gasteiger charge is 2.32. The number of hydrogen-bond donors (Lipinski definition) is 1. The second kappa shape index (κ2) is 4.47. The molecule has 88 valence electrons. The van der Waals surface area contributed by atoms with Gasteiger partial charge in [-0.25, -0.2) is 0 Å². The number of benzene rings is 1. The highest BCUT2D eigenvalue weighted by molar-refractivity contribution is 7.85. The van der Waals surface area contributed by atoms with Crippen molar-refractivity contribution in [2.75, 3.05) is 11.5 Å². The van der Waals surface area contributed by atoms with Crippen LogP contribution >= 0.6 is 11.6 Å². The Morgan fingerprint density at radius 1 is 1.44 bits per heavy atom. The third-order valence-electron chi connectivity index (χ3n) is 2.72. The van der Waals surface area contributed by atoms with Crippen molar-refractivity contribution in [3.8, 4) is 0 Å². The van der Waals surface area contributed by atoms with E-state index in [0.717, 1.165) is 10.6 Å². The van der Waals surface area contributed by atoms with Crippen molar-refractivity contribution in [3.63, 3.8) is 0 Å². The molecule has 1 N–H and O–H groups in total. The Morgan fingerprint density at radius 2 is 2.12 bits per heavy atom. The predicted molar refractivity (Wildman–Crippen MR) is 69.3 cm³/mol. The van der Waals surface area contributed by atoms with Crippen LogP contribution in [0.25, 0.3) is 0 Å². The molecule has 0 amide bonds. The van der Waals surface area contributed by atoms with E-state index in [0.29, 0.717) is 11.5 Å². The van der Waals surface area contributed by atoms with Gasteiger partial charge in [0.15, 0.2) is 0 Å². The minimum absolute atomic E-state index is 0.0903. The van der Waals surface area contributed by atoms with Gasteiger partial charge in [0, 0.05) is 38.9 Å². The Hall–Kier alpha value is -0.380. The van der Waals surface area contributed by atoms with Crippen LogP contribution in [0.15, 0.2) is 24.3 Å². The van der Waals surface area contributed by atoms with E-state index in [1.54, 1.807) is 0 Å². The zero-order valence-corrected chi connectivity index (χ0v) is 11.1. The summed E-state index contributed by atoms with van der Waals surface area (Å²) < 4.78 is 11.8. The van der Waals surface area contributed by atoms with Crippen molar-refractivity contribution in [2.24, 2.45) is 0 Å². The monoisotopic (exact) mass is 257 g/mol. The van der Waals surface area contributed by atoms with E-state index >= 15 is 0 Å². The quantitative estimate of drug-likeness (QED) is 0.838. The summed E-state index contributed by atoms with van der Waals surface area (Å²) in [5.41, 5.74) is 0.956. The van der Waals surface area contributed by atoms with Crippen LogP contribution in [0, 0.1) is 0 Å². The number of hydrogen-bond acceptors (Lipinski definition) is 2. The standard InChI is InChI=1S/C12H16ClNOS/c1-12(2)8-16(15)7-11(14-12)9-5-3-4-6-10(9)13/h3-6,11,14H,7-8H2,1-2H3. The van der Waals surface area contributed by atoms with Gasteiger partial charge in [-0.2, -0.15) is 0 Å². The molecule has 0 spiro atoms. The molecule has 4 heteroatoms. The molecular formula is C12H16ClNOS. The van der Waals surface area contributed by atoms with Crippen LogP contribution in [-0.4, -0.2) is 21.3 Å². The van der Waals surface area contributed by atoms with Crippen molar-refractivity contribution in [1.29, 1.82) is 0 Å². The van der Waals surface area contributed by atoms with Gasteiger partial charge in [-0.1, -0.05) is 29.8 Å². The van der Waals surface area contributed by atoms with Crippen LogP contribution in [0.5, 0.6) is 0 Å². The molecule has 2 unspecified atom stereocenters. The van der Waals surface area contributed by atoms with Crippen LogP contribution in [-0.2, 0) is 10.8 Å². The maximum atomic E-state index is 11.8. The molecule has 1 fully saturated rings. The summed E-state index contributed by atoms with van der Waals surface area (Å²) >= 11 is 6.16. The maximum absolute atomic E-state index is 11.8. The molecule has 0 aromatic heterocycles. The molecule has 0 aliphatic carbocycles. The lowest BCUT2D eigenvalue weighted by Gasteiger charge is -2.37. The van der Waals surface area contributed by atoms with Gasteiger partial charge >= 0.3 is 0 Å². The van der Waals surface area contributed by atoms with Crippen molar-refractivity contribution in [1.82, 2.24) is 5.32 Å². The lowest BCUT2D eigenvalue weighted by molar-refractivity contribution is 0.369. The summed E-state index contributed by atoms with van der Waals surface area (Å²) in [4.78, 5) is 0. The van der Waals surface area contributed by atoms with E-state index < -0.39 is 10.8 Å². The van der Waals surface area contributed by atoms with E-state index in [4.69, 9.17) is 11.6 Å². The summed E-state index contributed by atoms with van der Waals surface area (Å²) in [6, 6.07) is 7.85. The Labute approximate surface area is 104 Å². The van der Waals surface area contributed by atoms with Crippen molar-refractivity contribution in [2.45, 2.75) is 25.4 Å². The van der Waals surface area contributed by atoms with E-state index in [1.165, 1.54) is 0 Å². The fourth-order valence-electron chi connectivity index (χ4n) is 2.13. The van der Waals surface area contributed by atoms with Gasteiger partial charge in [0.2, 0.25) is 0 Å². The highest BCUT2D eigenvalue weighted by atomic mass is 35.5. The second-order valence-electron chi connectivity index (χ2n) is 4.85. The molecule has 0 bridgehead atoms. The zero-order valence-electron chi connectivity index (χ0n) is 9.50. The maximum Gasteiger partial charge on any atom is 0.0456 e. The van der Waals surface area contributed by atoms with E-state index in [-0.39, 0.29) is 11.6 Å². The van der Waals surface area contributed by atoms with Gasteiger partial charge in [-0.15, -0.1) is 0 Å². The average molecular weight is 258 g/mol. The molecule has 2 atom stereocenters. The molecule has 1 heterocycles. The topological polar surface area (TPSA) is 29.1 Å². The predicted octanol–water partition coefficient (Wildman–Crippen LogP) is 2.51. The molecule has 1 aliphatic rings. The van der Waals surface area contributed by atoms with Gasteiger partial charge < -0.3 is 5.32 Å². The van der Waals surface area contributed by atoms with E-state index in [1.807, 2.05) is 24.3 Å². The molecule has 1 aromatic rings. The van der Waals surface area contributed by atoms with Crippen LogP contribution < -0.4 is 5.32 Å². The first-order valence-electron chi connectivity index (χ1n) is 5.35. The number of halogens is 1. The largest absolute Gasteiger partial charge is 0.303 e. The summed E-state index contributed by atoms with van der Waals surface area (Å²) in [6.07, 6.45) is 0. The molecular weight excluding hydrogens is 242 g/mol. The number of nitrogens with one attached hydrogen (secondary N) is 1. The van der Waals surface area contributed by atoms with Crippen LogP contribution in [0.3, 0.4) is 0 Å². The Bertz CT molecular complexity index is 419. The summed E-state index contributed by atoms with van der Waals surface area (Å²) in [5, 5.41) is 4.25. The lowest BCUT2D eigenvalue weighted by atomic mass is 10.0. The average Bonchev–Trinajstić information content (AvgIpc) is 2.15. The van der Waals surface area contributed by atoms with Crippen molar-refractivity contribution in [3.05, 3.63) is 34.9 Å². The van der Waals surface area contributed by atoms with Gasteiger partial charge in [-0.05, 0) is 25.5 Å². The first-order chi connectivity index (χ1) is 7.48. The van der Waals surface area contributed by atoms with Crippen LogP contribution in [0.2, 0.25) is 5.02 Å². The fourth-order valence-corrected chi connectivity index (χ4v) is 4.04. The molecule has 0 radical (unpaired) electrons. The van der Waals surface area contributed by atoms with Crippen molar-refractivity contribution >= 4 is 22.4 Å². The Kier molecular flexibility index (Phi) is 3.38. The van der Waals surface area contributed by atoms with Gasteiger partial charge in [-0.3, -0.25) is 4.21 Å². The van der Waals surface area contributed by atoms with Gasteiger partial charge in [0.1, 0.15) is 0 Å². The molecule has 1 aliphatic heterocycles. The fraction of sp³-hybridized carbons (Fsp3) is 0.500. The minimum atomic E-state index is -0.770. The molecule has 1 aromatic carbocycles. The van der Waals surface area contributed by atoms with Crippen LogP contribution in [0.4, 0.5) is 0 Å². The smallest absolute Gasteiger partial charge is 0.0456 e. The Balaban J connectivity index is 2.28. The Morgan fingerprint density at radius 3 is 2.75 bits per heavy atom. The van der Waals surface area contributed by atoms with Crippen LogP contribution in [0.1, 0.15) is 25.5 Å². The third kappa shape index (κ3) is 2.65. The minimum Gasteiger partial charge on any atom is -0.303 e. The zero-order chi connectivity index (χ0) is 11.8. The molecule has 0 saturated carbocycles. The molecule has 16 heavy (non-hydrogen) atoms. The van der Waals surface area contributed by atoms with E-state index in [2.05, 4.69) is 19.2 Å². The normalized spacial score (nSPS) is 28.9. The second-order valence-corrected chi connectivity index (χ2v) is 6.76. The summed E-state index contributed by atoms with van der Waals surface area (Å²) in [7, 11) is -0.770. The third-order valence-corrected chi connectivity index (χ3v) is 4.81. The summed E-state index contributed by atoms with van der Waals surface area (Å²) in [6.45, 7) is 4.15. The molecule has 2 rings (SSSR count). The summed E-state index contributed by atoms with van der Waals surface area (Å²) in [5.74, 6) is 1.35. The molecule has 1 saturated heterocycles. The van der Waals surface area contributed by atoms with Gasteiger partial charge in [0.25, 0.3) is 0 Å². The number of rotatable bonds is 1. The van der Waals surface area contributed by atoms with Crippen molar-refractivity contribution < 1.29 is 4.21 Å². The molecule has 2 nitrogen and oxygen atoms in total. The highest BCUT2D eigenvalue weighted by Crippen LogP contribution is 2.28. The lowest BCUT2D eigenvalue weighted by Crippen LogP contribution is -2.52. The van der Waals surface area contributed by atoms with Gasteiger partial charge in [0.05, 0.1) is 0 Å². The van der Waals surface area contributed by atoms with E-state index in [9.17, 15) is 4.21 Å². The first kappa shape index (κ1) is 12.1. The first-order valence-corrected chi connectivity index (χ1v) is 7.22. The SMILES string of the molecule is CC1(C)CS(=O)CC(c2ccccc2Cl)N1.